The first-order valence-electron chi connectivity index (χ1n) is 12.1. The molecule has 2 heteroatoms. The van der Waals surface area contributed by atoms with Crippen molar-refractivity contribution < 1.29 is 9.90 Å². The van der Waals surface area contributed by atoms with Crippen molar-refractivity contribution in [3.63, 3.8) is 0 Å². The van der Waals surface area contributed by atoms with E-state index in [1.54, 1.807) is 12.1 Å². The summed E-state index contributed by atoms with van der Waals surface area (Å²) in [6.45, 7) is 4.22. The van der Waals surface area contributed by atoms with E-state index >= 15 is 0 Å². The molecule has 0 aliphatic rings. The van der Waals surface area contributed by atoms with Gasteiger partial charge in [0.15, 0.2) is 5.78 Å². The average molecular weight is 429 g/mol. The Hall–Kier alpha value is -2.87. The van der Waals surface area contributed by atoms with Crippen LogP contribution >= 0.6 is 0 Å². The van der Waals surface area contributed by atoms with Gasteiger partial charge in [0.1, 0.15) is 5.75 Å². The van der Waals surface area contributed by atoms with Gasteiger partial charge in [0, 0.05) is 6.42 Å². The number of aryl methyl sites for hydroxylation is 3. The van der Waals surface area contributed by atoms with Crippen LogP contribution in [-0.2, 0) is 19.3 Å². The summed E-state index contributed by atoms with van der Waals surface area (Å²) in [6, 6.07) is 23.0. The lowest BCUT2D eigenvalue weighted by atomic mass is 9.97. The summed E-state index contributed by atoms with van der Waals surface area (Å²) in [5, 5.41) is 10.3. The predicted octanol–water partition coefficient (Wildman–Crippen LogP) is 7.95. The first-order chi connectivity index (χ1) is 15.6. The number of carbonyl (C=O) groups is 1. The number of Topliss-reactive ketones (excluding diaryl/α,β-unsaturated/α-hetero) is 1. The first-order valence-corrected chi connectivity index (χ1v) is 12.1. The van der Waals surface area contributed by atoms with Crippen LogP contribution in [0.1, 0.15) is 79.4 Å². The molecule has 0 heterocycles. The molecule has 1 N–H and O–H groups in total. The molecule has 0 bridgehead atoms. The Morgan fingerprint density at radius 1 is 0.656 bits per heavy atom. The van der Waals surface area contributed by atoms with Crippen LogP contribution in [0, 0.1) is 0 Å². The molecule has 0 aliphatic heterocycles. The van der Waals surface area contributed by atoms with Crippen molar-refractivity contribution in [1.82, 2.24) is 0 Å². The number of hydrogen-bond donors (Lipinski definition) is 1. The van der Waals surface area contributed by atoms with Gasteiger partial charge in [-0.15, -0.1) is 0 Å². The highest BCUT2D eigenvalue weighted by atomic mass is 16.3. The van der Waals surface area contributed by atoms with Gasteiger partial charge < -0.3 is 5.11 Å². The highest BCUT2D eigenvalue weighted by Gasteiger charge is 2.11. The van der Waals surface area contributed by atoms with Gasteiger partial charge >= 0.3 is 0 Å². The number of ketones is 1. The fourth-order valence-corrected chi connectivity index (χ4v) is 4.09. The lowest BCUT2D eigenvalue weighted by Gasteiger charge is -2.08. The van der Waals surface area contributed by atoms with Gasteiger partial charge in [-0.3, -0.25) is 4.79 Å². The quantitative estimate of drug-likeness (QED) is 0.235. The van der Waals surface area contributed by atoms with Crippen LogP contribution in [0.25, 0.3) is 11.1 Å². The second kappa shape index (κ2) is 12.2. The molecule has 0 aromatic heterocycles. The zero-order chi connectivity index (χ0) is 22.8. The monoisotopic (exact) mass is 428 g/mol. The molecule has 0 unspecified atom stereocenters. The van der Waals surface area contributed by atoms with Crippen LogP contribution in [0.5, 0.6) is 5.75 Å². The molecular formula is C30H36O2. The van der Waals surface area contributed by atoms with E-state index in [0.29, 0.717) is 12.0 Å². The van der Waals surface area contributed by atoms with E-state index < -0.39 is 0 Å². The third-order valence-corrected chi connectivity index (χ3v) is 6.11. The van der Waals surface area contributed by atoms with Crippen LogP contribution in [0.3, 0.4) is 0 Å². The van der Waals surface area contributed by atoms with Crippen LogP contribution in [0.2, 0.25) is 0 Å². The lowest BCUT2D eigenvalue weighted by Crippen LogP contribution is -1.98. The summed E-state index contributed by atoms with van der Waals surface area (Å²) in [5.74, 6) is 0.0651. The average Bonchev–Trinajstić information content (AvgIpc) is 2.81. The van der Waals surface area contributed by atoms with E-state index in [1.165, 1.54) is 48.8 Å². The van der Waals surface area contributed by atoms with Gasteiger partial charge in [-0.1, -0.05) is 87.7 Å². The summed E-state index contributed by atoms with van der Waals surface area (Å²) >= 11 is 0. The summed E-state index contributed by atoms with van der Waals surface area (Å²) in [5.41, 5.74) is 6.52. The number of rotatable bonds is 12. The van der Waals surface area contributed by atoms with Crippen molar-refractivity contribution in [3.8, 4) is 16.9 Å². The minimum Gasteiger partial charge on any atom is -0.507 e. The fraction of sp³-hybridized carbons (Fsp3) is 0.367. The van der Waals surface area contributed by atoms with Gasteiger partial charge in [0.2, 0.25) is 0 Å². The smallest absolute Gasteiger partial charge is 0.166 e. The standard InChI is InChI=1S/C30H36O2/c1-3-5-6-7-9-23-10-12-24(13-11-23)14-15-25-16-18-26(19-17-25)27-20-21-28(30(32)22-27)29(31)8-4-2/h10-13,16-22,32H,3-9,14-15H2,1-2H3. The summed E-state index contributed by atoms with van der Waals surface area (Å²) < 4.78 is 0. The van der Waals surface area contributed by atoms with E-state index in [0.717, 1.165) is 30.4 Å². The third kappa shape index (κ3) is 6.82. The number of benzene rings is 3. The molecular weight excluding hydrogens is 392 g/mol. The molecule has 168 valence electrons. The maximum atomic E-state index is 12.1. The van der Waals surface area contributed by atoms with Gasteiger partial charge in [-0.2, -0.15) is 0 Å². The lowest BCUT2D eigenvalue weighted by molar-refractivity contribution is 0.0979. The molecule has 2 nitrogen and oxygen atoms in total. The Bertz CT molecular complexity index is 984. The molecule has 0 radical (unpaired) electrons. The van der Waals surface area contributed by atoms with E-state index in [9.17, 15) is 9.90 Å². The van der Waals surface area contributed by atoms with Crippen LogP contribution in [-0.4, -0.2) is 10.9 Å². The van der Waals surface area contributed by atoms with E-state index in [4.69, 9.17) is 0 Å². The van der Waals surface area contributed by atoms with Crippen LogP contribution in [0.4, 0.5) is 0 Å². The van der Waals surface area contributed by atoms with Crippen LogP contribution < -0.4 is 0 Å². The van der Waals surface area contributed by atoms with Gasteiger partial charge in [-0.05, 0) is 72.1 Å². The number of carbonyl (C=O) groups excluding carboxylic acids is 1. The molecule has 3 aromatic carbocycles. The van der Waals surface area contributed by atoms with Crippen molar-refractivity contribution in [3.05, 3.63) is 89.0 Å². The van der Waals surface area contributed by atoms with Crippen molar-refractivity contribution >= 4 is 5.78 Å². The number of aromatic hydroxyl groups is 1. The minimum atomic E-state index is -0.00331. The molecule has 0 fully saturated rings. The van der Waals surface area contributed by atoms with Gasteiger partial charge in [0.05, 0.1) is 5.56 Å². The second-order valence-electron chi connectivity index (χ2n) is 8.73. The van der Waals surface area contributed by atoms with Crippen molar-refractivity contribution in [2.45, 2.75) is 71.6 Å². The topological polar surface area (TPSA) is 37.3 Å². The number of phenolic OH excluding ortho intramolecular Hbond substituents is 1. The summed E-state index contributed by atoms with van der Waals surface area (Å²) in [7, 11) is 0. The summed E-state index contributed by atoms with van der Waals surface area (Å²) in [6.07, 6.45) is 9.70. The molecule has 3 aromatic rings. The molecule has 0 spiro atoms. The predicted molar refractivity (Wildman–Crippen MR) is 134 cm³/mol. The Morgan fingerprint density at radius 2 is 1.22 bits per heavy atom. The molecule has 0 atom stereocenters. The highest BCUT2D eigenvalue weighted by Crippen LogP contribution is 2.28. The molecule has 0 saturated carbocycles. The summed E-state index contributed by atoms with van der Waals surface area (Å²) in [4.78, 5) is 12.1. The Kier molecular flexibility index (Phi) is 9.10. The first kappa shape index (κ1) is 23.8. The second-order valence-corrected chi connectivity index (χ2v) is 8.73. The highest BCUT2D eigenvalue weighted by molar-refractivity contribution is 5.99. The van der Waals surface area contributed by atoms with Crippen molar-refractivity contribution in [1.29, 1.82) is 0 Å². The number of phenols is 1. The molecule has 0 amide bonds. The molecule has 32 heavy (non-hydrogen) atoms. The Balaban J connectivity index is 1.55. The Labute approximate surface area is 193 Å². The number of unbranched alkanes of at least 4 members (excludes halogenated alkanes) is 3. The minimum absolute atomic E-state index is 0.00331. The van der Waals surface area contributed by atoms with Crippen molar-refractivity contribution in [2.75, 3.05) is 0 Å². The molecule has 0 saturated heterocycles. The maximum Gasteiger partial charge on any atom is 0.166 e. The van der Waals surface area contributed by atoms with Gasteiger partial charge in [0.25, 0.3) is 0 Å². The Morgan fingerprint density at radius 3 is 1.78 bits per heavy atom. The third-order valence-electron chi connectivity index (χ3n) is 6.11. The maximum absolute atomic E-state index is 12.1. The largest absolute Gasteiger partial charge is 0.507 e. The van der Waals surface area contributed by atoms with E-state index in [-0.39, 0.29) is 11.5 Å². The molecule has 0 aliphatic carbocycles. The number of hydrogen-bond acceptors (Lipinski definition) is 2. The van der Waals surface area contributed by atoms with E-state index in [2.05, 4.69) is 55.5 Å². The fourth-order valence-electron chi connectivity index (χ4n) is 4.09. The zero-order valence-electron chi connectivity index (χ0n) is 19.6. The zero-order valence-corrected chi connectivity index (χ0v) is 19.6. The normalized spacial score (nSPS) is 10.9. The van der Waals surface area contributed by atoms with Crippen molar-refractivity contribution in [2.24, 2.45) is 0 Å². The SMILES string of the molecule is CCCCCCc1ccc(CCc2ccc(-c3ccc(C(=O)CCC)c(O)c3)cc2)cc1. The van der Waals surface area contributed by atoms with Crippen LogP contribution in [0.15, 0.2) is 66.7 Å². The van der Waals surface area contributed by atoms with E-state index in [1.807, 2.05) is 13.0 Å². The van der Waals surface area contributed by atoms with Gasteiger partial charge in [-0.25, -0.2) is 0 Å². The molecule has 3 rings (SSSR count).